The van der Waals surface area contributed by atoms with Crippen molar-refractivity contribution in [1.82, 2.24) is 0 Å². The van der Waals surface area contributed by atoms with Crippen molar-refractivity contribution in [3.63, 3.8) is 0 Å². The Bertz CT molecular complexity index is 459. The number of hydrogen-bond acceptors (Lipinski definition) is 3. The summed E-state index contributed by atoms with van der Waals surface area (Å²) in [5.74, 6) is -1.07. The predicted octanol–water partition coefficient (Wildman–Crippen LogP) is 1.36. The minimum atomic E-state index is -0.576. The maximum atomic E-state index is 11.8. The fourth-order valence-corrected chi connectivity index (χ4v) is 1.63. The average Bonchev–Trinajstić information content (AvgIpc) is 2.33. The van der Waals surface area contributed by atoms with Gasteiger partial charge in [-0.2, -0.15) is 0 Å². The topological polar surface area (TPSA) is 98.2 Å². The fraction of sp³-hybridized carbons (Fsp3) is 0.333. The molecule has 1 unspecified atom stereocenters. The zero-order valence-corrected chi connectivity index (χ0v) is 10.8. The largest absolute Gasteiger partial charge is 0.366 e. The van der Waals surface area contributed by atoms with Crippen LogP contribution in [0, 0.1) is 5.92 Å². The molecule has 1 aromatic carbocycles. The number of primary amides is 1. The lowest BCUT2D eigenvalue weighted by Gasteiger charge is -2.14. The number of amides is 2. The van der Waals surface area contributed by atoms with E-state index in [1.165, 1.54) is 18.2 Å². The second kappa shape index (κ2) is 6.37. The van der Waals surface area contributed by atoms with Crippen LogP contribution in [-0.2, 0) is 4.79 Å². The van der Waals surface area contributed by atoms with Gasteiger partial charge in [-0.05, 0) is 24.6 Å². The Hall–Kier alpha value is -1.59. The van der Waals surface area contributed by atoms with Gasteiger partial charge in [-0.25, -0.2) is 0 Å². The van der Waals surface area contributed by atoms with Gasteiger partial charge in [-0.15, -0.1) is 0 Å². The normalized spacial score (nSPS) is 11.9. The number of hydrogen-bond donors (Lipinski definition) is 3. The van der Waals surface area contributed by atoms with Crippen LogP contribution in [0.4, 0.5) is 5.69 Å². The number of anilines is 1. The number of benzene rings is 1. The van der Waals surface area contributed by atoms with E-state index in [2.05, 4.69) is 5.32 Å². The molecule has 0 aliphatic heterocycles. The maximum absolute atomic E-state index is 11.8. The third kappa shape index (κ3) is 3.45. The summed E-state index contributed by atoms with van der Waals surface area (Å²) >= 11 is 5.94. The molecule has 0 fully saturated rings. The van der Waals surface area contributed by atoms with Gasteiger partial charge in [0.1, 0.15) is 0 Å². The predicted molar refractivity (Wildman–Crippen MR) is 71.4 cm³/mol. The zero-order valence-electron chi connectivity index (χ0n) is 10.1. The summed E-state index contributed by atoms with van der Waals surface area (Å²) in [6.07, 6.45) is 0.634. The van der Waals surface area contributed by atoms with Crippen molar-refractivity contribution in [3.05, 3.63) is 28.8 Å². The van der Waals surface area contributed by atoms with Crippen LogP contribution in [-0.4, -0.2) is 18.4 Å². The lowest BCUT2D eigenvalue weighted by Crippen LogP contribution is -2.28. The molecule has 0 heterocycles. The highest BCUT2D eigenvalue weighted by molar-refractivity contribution is 6.33. The Labute approximate surface area is 110 Å². The molecule has 0 saturated carbocycles. The Balaban J connectivity index is 2.93. The van der Waals surface area contributed by atoms with Gasteiger partial charge < -0.3 is 16.8 Å². The van der Waals surface area contributed by atoms with Crippen LogP contribution in [0.3, 0.4) is 0 Å². The Morgan fingerprint density at radius 3 is 2.61 bits per heavy atom. The highest BCUT2D eigenvalue weighted by Crippen LogP contribution is 2.23. The lowest BCUT2D eigenvalue weighted by atomic mass is 10.1. The Kier molecular flexibility index (Phi) is 5.12. The van der Waals surface area contributed by atoms with E-state index >= 15 is 0 Å². The van der Waals surface area contributed by atoms with Crippen molar-refractivity contribution < 1.29 is 9.59 Å². The monoisotopic (exact) mass is 269 g/mol. The Morgan fingerprint density at radius 2 is 2.11 bits per heavy atom. The first kappa shape index (κ1) is 14.5. The molecule has 0 radical (unpaired) electrons. The van der Waals surface area contributed by atoms with Crippen LogP contribution in [0.2, 0.25) is 5.02 Å². The lowest BCUT2D eigenvalue weighted by molar-refractivity contribution is -0.119. The highest BCUT2D eigenvalue weighted by Gasteiger charge is 2.16. The third-order valence-corrected chi connectivity index (χ3v) is 2.99. The van der Waals surface area contributed by atoms with Crippen molar-refractivity contribution in [1.29, 1.82) is 0 Å². The number of rotatable bonds is 5. The number of carbonyl (C=O) groups is 2. The summed E-state index contributed by atoms with van der Waals surface area (Å²) in [6.45, 7) is 2.13. The molecule has 0 aliphatic rings. The highest BCUT2D eigenvalue weighted by atomic mass is 35.5. The van der Waals surface area contributed by atoms with Gasteiger partial charge in [0.25, 0.3) is 0 Å². The van der Waals surface area contributed by atoms with E-state index < -0.39 is 5.91 Å². The summed E-state index contributed by atoms with van der Waals surface area (Å²) in [5, 5.41) is 3.00. The van der Waals surface area contributed by atoms with Crippen LogP contribution in [0.15, 0.2) is 18.2 Å². The molecule has 1 rings (SSSR count). The van der Waals surface area contributed by atoms with E-state index in [-0.39, 0.29) is 23.9 Å². The first-order chi connectivity index (χ1) is 8.49. The van der Waals surface area contributed by atoms with E-state index in [1.54, 1.807) is 0 Å². The standard InChI is InChI=1S/C12H16ClN3O2/c1-2-7(6-14)12(18)16-10-5-8(11(15)17)3-4-9(10)13/h3-5,7H,2,6,14H2,1H3,(H2,15,17)(H,16,18). The van der Waals surface area contributed by atoms with Crippen molar-refractivity contribution in [2.45, 2.75) is 13.3 Å². The maximum Gasteiger partial charge on any atom is 0.248 e. The van der Waals surface area contributed by atoms with Gasteiger partial charge in [0.2, 0.25) is 11.8 Å². The molecular weight excluding hydrogens is 254 g/mol. The van der Waals surface area contributed by atoms with Gasteiger partial charge in [0, 0.05) is 12.1 Å². The third-order valence-electron chi connectivity index (χ3n) is 2.66. The number of nitrogens with one attached hydrogen (secondary N) is 1. The zero-order chi connectivity index (χ0) is 13.7. The second-order valence-corrected chi connectivity index (χ2v) is 4.30. The summed E-state index contributed by atoms with van der Waals surface area (Å²) < 4.78 is 0. The molecule has 18 heavy (non-hydrogen) atoms. The molecule has 5 N–H and O–H groups in total. The molecule has 5 nitrogen and oxygen atoms in total. The summed E-state index contributed by atoms with van der Waals surface area (Å²) in [4.78, 5) is 22.9. The summed E-state index contributed by atoms with van der Waals surface area (Å²) in [6, 6.07) is 4.47. The van der Waals surface area contributed by atoms with Crippen LogP contribution in [0.1, 0.15) is 23.7 Å². The molecule has 0 aliphatic carbocycles. The van der Waals surface area contributed by atoms with Crippen LogP contribution in [0.25, 0.3) is 0 Å². The van der Waals surface area contributed by atoms with Crippen molar-refractivity contribution in [2.24, 2.45) is 17.4 Å². The van der Waals surface area contributed by atoms with E-state index in [0.717, 1.165) is 0 Å². The SMILES string of the molecule is CCC(CN)C(=O)Nc1cc(C(N)=O)ccc1Cl. The first-order valence-electron chi connectivity index (χ1n) is 5.59. The van der Waals surface area contributed by atoms with Gasteiger partial charge in [-0.1, -0.05) is 18.5 Å². The van der Waals surface area contributed by atoms with Crippen LogP contribution in [0.5, 0.6) is 0 Å². The Morgan fingerprint density at radius 1 is 1.44 bits per heavy atom. The van der Waals surface area contributed by atoms with Crippen molar-refractivity contribution >= 4 is 29.1 Å². The molecule has 6 heteroatoms. The number of halogens is 1. The minimum Gasteiger partial charge on any atom is -0.366 e. The molecule has 0 aromatic heterocycles. The summed E-state index contributed by atoms with van der Waals surface area (Å²) in [7, 11) is 0. The van der Waals surface area contributed by atoms with Gasteiger partial charge in [0.15, 0.2) is 0 Å². The molecule has 98 valence electrons. The second-order valence-electron chi connectivity index (χ2n) is 3.89. The molecule has 1 atom stereocenters. The molecule has 0 spiro atoms. The van der Waals surface area contributed by atoms with Crippen molar-refractivity contribution in [2.75, 3.05) is 11.9 Å². The summed E-state index contributed by atoms with van der Waals surface area (Å²) in [5.41, 5.74) is 11.3. The average molecular weight is 270 g/mol. The quantitative estimate of drug-likeness (QED) is 0.753. The van der Waals surface area contributed by atoms with E-state index in [1.807, 2.05) is 6.92 Å². The molecular formula is C12H16ClN3O2. The van der Waals surface area contributed by atoms with E-state index in [4.69, 9.17) is 23.1 Å². The fourth-order valence-electron chi connectivity index (χ4n) is 1.47. The van der Waals surface area contributed by atoms with Gasteiger partial charge in [0.05, 0.1) is 16.6 Å². The smallest absolute Gasteiger partial charge is 0.248 e. The van der Waals surface area contributed by atoms with E-state index in [9.17, 15) is 9.59 Å². The minimum absolute atomic E-state index is 0.219. The van der Waals surface area contributed by atoms with Gasteiger partial charge in [-0.3, -0.25) is 9.59 Å². The van der Waals surface area contributed by atoms with Crippen LogP contribution >= 0.6 is 11.6 Å². The number of nitrogens with two attached hydrogens (primary N) is 2. The van der Waals surface area contributed by atoms with Crippen LogP contribution < -0.4 is 16.8 Å². The molecule has 2 amide bonds. The van der Waals surface area contributed by atoms with Gasteiger partial charge >= 0.3 is 0 Å². The molecule has 0 saturated heterocycles. The van der Waals surface area contributed by atoms with E-state index in [0.29, 0.717) is 17.1 Å². The van der Waals surface area contributed by atoms with Crippen molar-refractivity contribution in [3.8, 4) is 0 Å². The molecule has 1 aromatic rings. The number of carbonyl (C=O) groups excluding carboxylic acids is 2. The molecule has 0 bridgehead atoms. The first-order valence-corrected chi connectivity index (χ1v) is 5.97.